The number of benzene rings is 1. The number of halogens is 2. The third-order valence-electron chi connectivity index (χ3n) is 5.36. The standard InChI is InChI=1S/C20H16F2N4O/c1-10-3-2-6-23-19(10)24-20(27)17-14-8-11-7-13(11)18(14)26(25-17)16-5-4-12(21)9-15(16)22/h2-6,9,11,13H,7-8H2,1H3,(H,23,24,27)/t11-,13-/m1/s1. The maximum atomic E-state index is 14.3. The lowest BCUT2D eigenvalue weighted by Gasteiger charge is -2.07. The number of carbonyl (C=O) groups is 1. The fourth-order valence-corrected chi connectivity index (χ4v) is 3.92. The number of nitrogens with one attached hydrogen (secondary N) is 1. The number of pyridine rings is 1. The van der Waals surface area contributed by atoms with Crippen molar-refractivity contribution in [3.63, 3.8) is 0 Å². The van der Waals surface area contributed by atoms with Crippen molar-refractivity contribution in [2.24, 2.45) is 5.92 Å². The first-order valence-corrected chi connectivity index (χ1v) is 8.83. The average molecular weight is 366 g/mol. The quantitative estimate of drug-likeness (QED) is 0.768. The lowest BCUT2D eigenvalue weighted by Crippen LogP contribution is -2.16. The minimum absolute atomic E-state index is 0.160. The van der Waals surface area contributed by atoms with Gasteiger partial charge in [0.25, 0.3) is 5.91 Å². The third-order valence-corrected chi connectivity index (χ3v) is 5.36. The zero-order valence-corrected chi connectivity index (χ0v) is 14.5. The Balaban J connectivity index is 1.58. The Bertz CT molecular complexity index is 1090. The number of nitrogens with zero attached hydrogens (tertiary/aromatic N) is 3. The first-order valence-electron chi connectivity index (χ1n) is 8.83. The molecule has 2 aliphatic carbocycles. The van der Waals surface area contributed by atoms with E-state index in [1.54, 1.807) is 12.3 Å². The van der Waals surface area contributed by atoms with Crippen LogP contribution in [0.4, 0.5) is 14.6 Å². The van der Waals surface area contributed by atoms with Gasteiger partial charge in [-0.2, -0.15) is 5.10 Å². The van der Waals surface area contributed by atoms with E-state index in [4.69, 9.17) is 0 Å². The van der Waals surface area contributed by atoms with Gasteiger partial charge < -0.3 is 5.32 Å². The number of amides is 1. The molecule has 1 saturated carbocycles. The van der Waals surface area contributed by atoms with Crippen molar-refractivity contribution < 1.29 is 13.6 Å². The van der Waals surface area contributed by atoms with Gasteiger partial charge in [-0.05, 0) is 49.4 Å². The molecule has 2 heterocycles. The van der Waals surface area contributed by atoms with Gasteiger partial charge in [0.2, 0.25) is 0 Å². The van der Waals surface area contributed by atoms with Crippen LogP contribution in [-0.4, -0.2) is 20.7 Å². The number of anilines is 1. The second kappa shape index (κ2) is 5.70. The number of fused-ring (bicyclic) bond motifs is 3. The first kappa shape index (κ1) is 16.1. The van der Waals surface area contributed by atoms with E-state index in [1.165, 1.54) is 16.8 Å². The van der Waals surface area contributed by atoms with Gasteiger partial charge in [-0.3, -0.25) is 4.79 Å². The van der Waals surface area contributed by atoms with E-state index in [1.807, 2.05) is 13.0 Å². The van der Waals surface area contributed by atoms with Crippen LogP contribution in [0.15, 0.2) is 36.5 Å². The van der Waals surface area contributed by atoms with Crippen LogP contribution in [0.3, 0.4) is 0 Å². The summed E-state index contributed by atoms with van der Waals surface area (Å²) in [5.74, 6) is -0.464. The van der Waals surface area contributed by atoms with Crippen LogP contribution in [0.1, 0.15) is 39.6 Å². The largest absolute Gasteiger partial charge is 0.305 e. The number of hydrogen-bond acceptors (Lipinski definition) is 3. The summed E-state index contributed by atoms with van der Waals surface area (Å²) in [6.45, 7) is 1.86. The first-order chi connectivity index (χ1) is 13.0. The van der Waals surface area contributed by atoms with Crippen molar-refractivity contribution in [2.75, 3.05) is 5.32 Å². The number of aryl methyl sites for hydroxylation is 1. The number of rotatable bonds is 3. The molecule has 2 aliphatic rings. The number of carbonyl (C=O) groups excluding carboxylic acids is 1. The van der Waals surface area contributed by atoms with Gasteiger partial charge in [0.05, 0.1) is 5.69 Å². The SMILES string of the molecule is Cc1cccnc1NC(=O)c1nn(-c2ccc(F)cc2F)c2c1C[C@H]1C[C@@H]21. The second-order valence-electron chi connectivity index (χ2n) is 7.15. The Kier molecular flexibility index (Phi) is 3.40. The van der Waals surface area contributed by atoms with Crippen LogP contribution in [0.25, 0.3) is 5.69 Å². The molecule has 136 valence electrons. The van der Waals surface area contributed by atoms with Crippen molar-refractivity contribution in [3.8, 4) is 5.69 Å². The molecule has 7 heteroatoms. The van der Waals surface area contributed by atoms with E-state index in [2.05, 4.69) is 15.4 Å². The van der Waals surface area contributed by atoms with Crippen LogP contribution < -0.4 is 5.32 Å². The highest BCUT2D eigenvalue weighted by Gasteiger charge is 2.50. The Morgan fingerprint density at radius 1 is 1.30 bits per heavy atom. The second-order valence-corrected chi connectivity index (χ2v) is 7.15. The van der Waals surface area contributed by atoms with Crippen molar-refractivity contribution in [3.05, 3.63) is 70.7 Å². The zero-order valence-electron chi connectivity index (χ0n) is 14.5. The normalized spacial score (nSPS) is 19.5. The van der Waals surface area contributed by atoms with Crippen LogP contribution in [0.5, 0.6) is 0 Å². The molecule has 5 nitrogen and oxygen atoms in total. The number of hydrogen-bond donors (Lipinski definition) is 1. The Hall–Kier alpha value is -3.09. The Labute approximate surface area is 154 Å². The molecule has 2 atom stereocenters. The smallest absolute Gasteiger partial charge is 0.277 e. The molecule has 1 aromatic carbocycles. The summed E-state index contributed by atoms with van der Waals surface area (Å²) in [6, 6.07) is 7.04. The van der Waals surface area contributed by atoms with Crippen LogP contribution in [0.2, 0.25) is 0 Å². The van der Waals surface area contributed by atoms with Gasteiger partial charge in [-0.25, -0.2) is 18.4 Å². The van der Waals surface area contributed by atoms with Gasteiger partial charge in [-0.15, -0.1) is 0 Å². The molecule has 0 bridgehead atoms. The monoisotopic (exact) mass is 366 g/mol. The van der Waals surface area contributed by atoms with Crippen molar-refractivity contribution in [1.82, 2.24) is 14.8 Å². The number of aromatic nitrogens is 3. The molecule has 1 fully saturated rings. The average Bonchev–Trinajstić information content (AvgIpc) is 3.14. The van der Waals surface area contributed by atoms with E-state index >= 15 is 0 Å². The zero-order chi connectivity index (χ0) is 18.7. The molecule has 0 aliphatic heterocycles. The summed E-state index contributed by atoms with van der Waals surface area (Å²) >= 11 is 0. The van der Waals surface area contributed by atoms with Crippen molar-refractivity contribution in [1.29, 1.82) is 0 Å². The fourth-order valence-electron chi connectivity index (χ4n) is 3.92. The van der Waals surface area contributed by atoms with Gasteiger partial charge in [-0.1, -0.05) is 6.07 Å². The summed E-state index contributed by atoms with van der Waals surface area (Å²) in [7, 11) is 0. The molecular formula is C20H16F2N4O. The molecule has 2 aromatic heterocycles. The molecule has 0 saturated heterocycles. The summed E-state index contributed by atoms with van der Waals surface area (Å²) in [5, 5.41) is 7.20. The summed E-state index contributed by atoms with van der Waals surface area (Å²) in [5.41, 5.74) is 3.01. The topological polar surface area (TPSA) is 59.8 Å². The van der Waals surface area contributed by atoms with Gasteiger partial charge in [0.1, 0.15) is 17.3 Å². The molecule has 5 rings (SSSR count). The molecule has 1 amide bonds. The van der Waals surface area contributed by atoms with Gasteiger partial charge in [0.15, 0.2) is 11.5 Å². The highest BCUT2D eigenvalue weighted by Crippen LogP contribution is 2.57. The van der Waals surface area contributed by atoms with E-state index < -0.39 is 11.6 Å². The van der Waals surface area contributed by atoms with Crippen molar-refractivity contribution >= 4 is 11.7 Å². The van der Waals surface area contributed by atoms with E-state index in [0.717, 1.165) is 35.7 Å². The molecule has 27 heavy (non-hydrogen) atoms. The van der Waals surface area contributed by atoms with Crippen molar-refractivity contribution in [2.45, 2.75) is 25.7 Å². The lowest BCUT2D eigenvalue weighted by atomic mass is 10.1. The molecular weight excluding hydrogens is 350 g/mol. The van der Waals surface area contributed by atoms with E-state index in [-0.39, 0.29) is 23.2 Å². The summed E-state index contributed by atoms with van der Waals surface area (Å²) < 4.78 is 29.1. The molecule has 3 aromatic rings. The van der Waals surface area contributed by atoms with Crippen LogP contribution >= 0.6 is 0 Å². The minimum Gasteiger partial charge on any atom is -0.305 e. The molecule has 0 spiro atoms. The third kappa shape index (κ3) is 2.53. The predicted molar refractivity (Wildman–Crippen MR) is 95.0 cm³/mol. The lowest BCUT2D eigenvalue weighted by molar-refractivity contribution is 0.102. The fraction of sp³-hybridized carbons (Fsp3) is 0.250. The highest BCUT2D eigenvalue weighted by molar-refractivity contribution is 6.04. The van der Waals surface area contributed by atoms with Crippen LogP contribution in [-0.2, 0) is 6.42 Å². The van der Waals surface area contributed by atoms with E-state index in [0.29, 0.717) is 11.7 Å². The van der Waals surface area contributed by atoms with Gasteiger partial charge in [0, 0.05) is 23.7 Å². The van der Waals surface area contributed by atoms with Crippen LogP contribution in [0, 0.1) is 24.5 Å². The molecule has 0 unspecified atom stereocenters. The van der Waals surface area contributed by atoms with E-state index in [9.17, 15) is 13.6 Å². The minimum atomic E-state index is -0.697. The molecule has 1 N–H and O–H groups in total. The maximum Gasteiger partial charge on any atom is 0.277 e. The highest BCUT2D eigenvalue weighted by atomic mass is 19.1. The Morgan fingerprint density at radius 2 is 2.15 bits per heavy atom. The molecule has 0 radical (unpaired) electrons. The summed E-state index contributed by atoms with van der Waals surface area (Å²) in [4.78, 5) is 17.0. The van der Waals surface area contributed by atoms with Gasteiger partial charge >= 0.3 is 0 Å². The Morgan fingerprint density at radius 3 is 2.93 bits per heavy atom. The maximum absolute atomic E-state index is 14.3. The summed E-state index contributed by atoms with van der Waals surface area (Å²) in [6.07, 6.45) is 3.38. The predicted octanol–water partition coefficient (Wildman–Crippen LogP) is 3.77.